The number of aliphatic hydroxyl groups is 1. The lowest BCUT2D eigenvalue weighted by atomic mass is 10.2. The van der Waals surface area contributed by atoms with Crippen molar-refractivity contribution in [2.45, 2.75) is 65.4 Å². The Kier molecular flexibility index (Phi) is 11.2. The number of hydrogen-bond donors (Lipinski definition) is 3. The number of halogens is 1. The van der Waals surface area contributed by atoms with Crippen LogP contribution in [0, 0.1) is 6.92 Å². The van der Waals surface area contributed by atoms with E-state index in [4.69, 9.17) is 4.74 Å². The van der Waals surface area contributed by atoms with Gasteiger partial charge in [0.1, 0.15) is 23.5 Å². The Bertz CT molecular complexity index is 876. The van der Waals surface area contributed by atoms with Gasteiger partial charge in [-0.3, -0.25) is 9.36 Å². The second-order valence-corrected chi connectivity index (χ2v) is 8.85. The molecule has 7 nitrogen and oxygen atoms in total. The molecule has 1 aliphatic rings. The molecule has 2 rings (SSSR count). The van der Waals surface area contributed by atoms with Crippen molar-refractivity contribution in [3.63, 3.8) is 0 Å². The van der Waals surface area contributed by atoms with Gasteiger partial charge in [0.2, 0.25) is 0 Å². The van der Waals surface area contributed by atoms with Gasteiger partial charge in [0, 0.05) is 25.5 Å². The van der Waals surface area contributed by atoms with Crippen molar-refractivity contribution in [3.05, 3.63) is 45.7 Å². The van der Waals surface area contributed by atoms with E-state index in [1.165, 1.54) is 23.9 Å². The number of nitrogens with zero attached hydrogens (tertiary/aromatic N) is 1. The first-order valence-electron chi connectivity index (χ1n) is 10.5. The van der Waals surface area contributed by atoms with E-state index in [2.05, 4.69) is 10.0 Å². The Morgan fingerprint density at radius 1 is 1.42 bits per heavy atom. The van der Waals surface area contributed by atoms with Gasteiger partial charge in [0.15, 0.2) is 0 Å². The molecule has 1 aliphatic carbocycles. The van der Waals surface area contributed by atoms with Crippen molar-refractivity contribution in [3.8, 4) is 0 Å². The molecule has 0 aromatic carbocycles. The number of allylic oxidation sites excluding steroid dienone is 3. The monoisotopic (exact) mass is 457 g/mol. The van der Waals surface area contributed by atoms with Crippen molar-refractivity contribution in [2.24, 2.45) is 0 Å². The number of aliphatic hydroxyl groups excluding tert-OH is 1. The maximum absolute atomic E-state index is 14.2. The highest BCUT2D eigenvalue weighted by atomic mass is 32.2. The van der Waals surface area contributed by atoms with Gasteiger partial charge >= 0.3 is 0 Å². The third kappa shape index (κ3) is 7.29. The number of hydrogen-bond acceptors (Lipinski definition) is 5. The van der Waals surface area contributed by atoms with Gasteiger partial charge in [0.05, 0.1) is 22.7 Å². The quantitative estimate of drug-likeness (QED) is 0.437. The van der Waals surface area contributed by atoms with Gasteiger partial charge in [-0.2, -0.15) is 0 Å². The molecule has 3 N–H and O–H groups in total. The summed E-state index contributed by atoms with van der Waals surface area (Å²) in [5.41, 5.74) is 1.70. The fraction of sp³-hybridized carbons (Fsp3) is 0.591. The number of ether oxygens (including phenoxy) is 1. The Morgan fingerprint density at radius 2 is 2.06 bits per heavy atom. The summed E-state index contributed by atoms with van der Waals surface area (Å²) in [7, 11) is 0.0196. The maximum Gasteiger partial charge on any atom is 0.257 e. The lowest BCUT2D eigenvalue weighted by molar-refractivity contribution is 0.128. The lowest BCUT2D eigenvalue weighted by Crippen LogP contribution is -2.28. The van der Waals surface area contributed by atoms with Crippen LogP contribution in [0.2, 0.25) is 0 Å². The van der Waals surface area contributed by atoms with Crippen LogP contribution in [0.1, 0.15) is 52.5 Å². The minimum Gasteiger partial charge on any atom is -0.396 e. The largest absolute Gasteiger partial charge is 0.396 e. The van der Waals surface area contributed by atoms with E-state index in [0.717, 1.165) is 18.4 Å². The molecule has 0 radical (unpaired) electrons. The fourth-order valence-electron chi connectivity index (χ4n) is 2.98. The summed E-state index contributed by atoms with van der Waals surface area (Å²) in [5, 5.41) is 12.2. The minimum absolute atomic E-state index is 0.0395. The van der Waals surface area contributed by atoms with Crippen molar-refractivity contribution >= 4 is 22.4 Å². The maximum atomic E-state index is 14.2. The highest BCUT2D eigenvalue weighted by Gasteiger charge is 2.48. The molecule has 9 heteroatoms. The second-order valence-electron chi connectivity index (χ2n) is 7.24. The van der Waals surface area contributed by atoms with Gasteiger partial charge in [-0.1, -0.05) is 25.5 Å². The molecule has 1 atom stereocenters. The van der Waals surface area contributed by atoms with E-state index in [1.807, 2.05) is 20.8 Å². The molecule has 1 aromatic heterocycles. The average molecular weight is 458 g/mol. The molecular formula is C22H36FN3O4S. The predicted molar refractivity (Wildman–Crippen MR) is 126 cm³/mol. The van der Waals surface area contributed by atoms with Crippen molar-refractivity contribution in [1.82, 2.24) is 4.57 Å². The number of anilines is 2. The zero-order valence-electron chi connectivity index (χ0n) is 19.4. The lowest BCUT2D eigenvalue weighted by Gasteiger charge is -2.20. The summed E-state index contributed by atoms with van der Waals surface area (Å²) in [6.45, 7) is 9.14. The number of rotatable bonds is 11. The molecule has 31 heavy (non-hydrogen) atoms. The molecule has 0 bridgehead atoms. The normalized spacial score (nSPS) is 16.3. The summed E-state index contributed by atoms with van der Waals surface area (Å²) in [6, 6.07) is 0. The minimum atomic E-state index is -1.46. The third-order valence-corrected chi connectivity index (χ3v) is 6.83. The predicted octanol–water partition coefficient (Wildman–Crippen LogP) is 4.01. The van der Waals surface area contributed by atoms with E-state index in [0.29, 0.717) is 23.4 Å². The first kappa shape index (κ1) is 27.1. The van der Waals surface area contributed by atoms with E-state index in [1.54, 1.807) is 19.9 Å². The van der Waals surface area contributed by atoms with E-state index in [-0.39, 0.29) is 31.3 Å². The first-order chi connectivity index (χ1) is 14.8. The average Bonchev–Trinajstić information content (AvgIpc) is 3.54. The second kappa shape index (κ2) is 12.8. The molecule has 1 saturated carbocycles. The molecule has 0 spiro atoms. The van der Waals surface area contributed by atoms with Gasteiger partial charge in [-0.25, -0.2) is 8.60 Å². The van der Waals surface area contributed by atoms with Crippen LogP contribution in [-0.4, -0.2) is 38.9 Å². The Morgan fingerprint density at radius 3 is 2.58 bits per heavy atom. The fourth-order valence-corrected chi connectivity index (χ4v) is 4.30. The Balaban J connectivity index is 0.00000233. The summed E-state index contributed by atoms with van der Waals surface area (Å²) in [4.78, 5) is 12.6. The molecule has 1 unspecified atom stereocenters. The van der Waals surface area contributed by atoms with Crippen LogP contribution in [0.5, 0.6) is 0 Å². The number of pyridine rings is 1. The zero-order valence-corrected chi connectivity index (χ0v) is 20.2. The standard InChI is InChI=1S/C20H30FN3O4S.C2H6/c1-5-14(2)10-16(21)11-22-18-15(3)19(26)24(13-28-4)12-17(18)23-29(27)20(6-7-20)8-9-25;1-2/h5,10,12,22-23,25H,6-9,11,13H2,1-4H3;1-2H3/b14-5-,16-10+;. The highest BCUT2D eigenvalue weighted by molar-refractivity contribution is 7.88. The van der Waals surface area contributed by atoms with Crippen molar-refractivity contribution in [1.29, 1.82) is 0 Å². The topological polar surface area (TPSA) is 92.6 Å². The van der Waals surface area contributed by atoms with Crippen LogP contribution in [0.3, 0.4) is 0 Å². The molecule has 1 heterocycles. The van der Waals surface area contributed by atoms with Gasteiger partial charge in [0.25, 0.3) is 5.56 Å². The van der Waals surface area contributed by atoms with Crippen molar-refractivity contribution < 1.29 is 18.4 Å². The molecule has 1 fully saturated rings. The molecule has 0 aliphatic heterocycles. The number of methoxy groups -OCH3 is 1. The molecule has 0 saturated heterocycles. The summed E-state index contributed by atoms with van der Waals surface area (Å²) >= 11 is 0. The van der Waals surface area contributed by atoms with Crippen LogP contribution >= 0.6 is 0 Å². The summed E-state index contributed by atoms with van der Waals surface area (Å²) in [6.07, 6.45) is 6.68. The van der Waals surface area contributed by atoms with Gasteiger partial charge in [-0.15, -0.1) is 0 Å². The molecule has 1 aromatic rings. The SMILES string of the molecule is C/C=C(C)\C=C(\F)CNc1c(NS(=O)C2(CCO)CC2)cn(COC)c(=O)c1C.CC. The summed E-state index contributed by atoms with van der Waals surface area (Å²) < 4.78 is 36.0. The molecular weight excluding hydrogens is 421 g/mol. The van der Waals surface area contributed by atoms with E-state index >= 15 is 0 Å². The van der Waals surface area contributed by atoms with Crippen LogP contribution in [0.4, 0.5) is 15.8 Å². The molecule has 176 valence electrons. The summed E-state index contributed by atoms with van der Waals surface area (Å²) in [5.74, 6) is -0.382. The van der Waals surface area contributed by atoms with Gasteiger partial charge in [-0.05, 0) is 46.1 Å². The van der Waals surface area contributed by atoms with Crippen LogP contribution in [0.15, 0.2) is 34.5 Å². The van der Waals surface area contributed by atoms with Crippen LogP contribution < -0.4 is 15.6 Å². The van der Waals surface area contributed by atoms with Crippen LogP contribution in [0.25, 0.3) is 0 Å². The first-order valence-corrected chi connectivity index (χ1v) is 11.7. The van der Waals surface area contributed by atoms with Crippen molar-refractivity contribution in [2.75, 3.05) is 30.3 Å². The smallest absolute Gasteiger partial charge is 0.257 e. The third-order valence-electron chi connectivity index (χ3n) is 5.02. The highest BCUT2D eigenvalue weighted by Crippen LogP contribution is 2.45. The number of nitrogens with one attached hydrogen (secondary N) is 2. The Labute approximate surface area is 187 Å². The number of aromatic nitrogens is 1. The Hall–Kier alpha value is -1.97. The van der Waals surface area contributed by atoms with E-state index in [9.17, 15) is 18.5 Å². The van der Waals surface area contributed by atoms with Crippen LogP contribution in [-0.2, 0) is 22.5 Å². The van der Waals surface area contributed by atoms with Gasteiger partial charge < -0.3 is 19.9 Å². The zero-order chi connectivity index (χ0) is 23.6. The molecule has 0 amide bonds. The van der Waals surface area contributed by atoms with E-state index < -0.39 is 15.7 Å².